The van der Waals surface area contributed by atoms with E-state index in [-0.39, 0.29) is 12.5 Å². The number of carboxylic acid groups (broad SMARTS) is 1. The predicted octanol–water partition coefficient (Wildman–Crippen LogP) is 1.38. The molecule has 2 rings (SSSR count). The fourth-order valence-electron chi connectivity index (χ4n) is 2.58. The van der Waals surface area contributed by atoms with Crippen molar-refractivity contribution in [1.82, 2.24) is 10.2 Å². The zero-order valence-corrected chi connectivity index (χ0v) is 12.9. The first kappa shape index (κ1) is 16.8. The Bertz CT molecular complexity index is 575. The largest absolute Gasteiger partial charge is 0.480 e. The molecule has 0 aromatic heterocycles. The number of aliphatic carboxylic acids is 1. The number of hydrogen-bond acceptors (Lipinski definition) is 4. The van der Waals surface area contributed by atoms with Crippen molar-refractivity contribution < 1.29 is 24.2 Å². The average molecular weight is 320 g/mol. The van der Waals surface area contributed by atoms with Crippen molar-refractivity contribution in [3.8, 4) is 0 Å². The number of carbonyl (C=O) groups excluding carboxylic acids is 2. The number of nitrogens with zero attached hydrogens (tertiary/aromatic N) is 1. The molecule has 124 valence electrons. The van der Waals surface area contributed by atoms with E-state index in [9.17, 15) is 14.4 Å². The number of carboxylic acids is 1. The fourth-order valence-corrected chi connectivity index (χ4v) is 2.58. The number of alkyl carbamates (subject to hydrolysis) is 1. The van der Waals surface area contributed by atoms with E-state index in [1.807, 2.05) is 30.3 Å². The maximum absolute atomic E-state index is 12.2. The van der Waals surface area contributed by atoms with E-state index in [0.717, 1.165) is 5.56 Å². The van der Waals surface area contributed by atoms with E-state index >= 15 is 0 Å². The second-order valence-corrected chi connectivity index (χ2v) is 5.34. The van der Waals surface area contributed by atoms with Crippen molar-refractivity contribution in [3.05, 3.63) is 35.9 Å². The molecule has 0 unspecified atom stereocenters. The van der Waals surface area contributed by atoms with Crippen LogP contribution in [-0.2, 0) is 20.9 Å². The van der Waals surface area contributed by atoms with Gasteiger partial charge in [0.2, 0.25) is 5.91 Å². The van der Waals surface area contributed by atoms with Crippen molar-refractivity contribution in [1.29, 1.82) is 0 Å². The molecule has 1 aromatic rings. The van der Waals surface area contributed by atoms with Gasteiger partial charge in [0.1, 0.15) is 18.7 Å². The van der Waals surface area contributed by atoms with Gasteiger partial charge in [-0.1, -0.05) is 37.3 Å². The Labute approximate surface area is 134 Å². The summed E-state index contributed by atoms with van der Waals surface area (Å²) in [4.78, 5) is 36.4. The van der Waals surface area contributed by atoms with E-state index in [4.69, 9.17) is 9.84 Å². The van der Waals surface area contributed by atoms with Crippen LogP contribution < -0.4 is 5.32 Å². The Kier molecular flexibility index (Phi) is 5.56. The quantitative estimate of drug-likeness (QED) is 0.825. The molecule has 0 radical (unpaired) electrons. The molecule has 1 aromatic carbocycles. The fraction of sp³-hybridized carbons (Fsp3) is 0.438. The monoisotopic (exact) mass is 320 g/mol. The first-order chi connectivity index (χ1) is 11.0. The highest BCUT2D eigenvalue weighted by molar-refractivity contribution is 5.90. The number of benzene rings is 1. The number of nitrogens with one attached hydrogen (secondary N) is 1. The van der Waals surface area contributed by atoms with Gasteiger partial charge in [-0.2, -0.15) is 0 Å². The van der Waals surface area contributed by atoms with Gasteiger partial charge in [-0.25, -0.2) is 9.59 Å². The Hall–Kier alpha value is -2.57. The summed E-state index contributed by atoms with van der Waals surface area (Å²) >= 11 is 0. The van der Waals surface area contributed by atoms with E-state index in [1.54, 1.807) is 6.92 Å². The van der Waals surface area contributed by atoms with Gasteiger partial charge in [0.25, 0.3) is 0 Å². The zero-order chi connectivity index (χ0) is 16.8. The summed E-state index contributed by atoms with van der Waals surface area (Å²) in [5.74, 6) is -1.41. The Morgan fingerprint density at radius 1 is 1.39 bits per heavy atom. The van der Waals surface area contributed by atoms with Crippen LogP contribution in [0.2, 0.25) is 0 Å². The third-order valence-electron chi connectivity index (χ3n) is 3.79. The molecule has 7 heteroatoms. The van der Waals surface area contributed by atoms with Crippen LogP contribution in [0.5, 0.6) is 0 Å². The lowest BCUT2D eigenvalue weighted by Crippen LogP contribution is -2.47. The molecule has 1 aliphatic rings. The van der Waals surface area contributed by atoms with Gasteiger partial charge >= 0.3 is 12.1 Å². The number of ether oxygens (including phenoxy) is 1. The Balaban J connectivity index is 1.85. The van der Waals surface area contributed by atoms with Crippen molar-refractivity contribution in [3.63, 3.8) is 0 Å². The second-order valence-electron chi connectivity index (χ2n) is 5.34. The van der Waals surface area contributed by atoms with E-state index in [2.05, 4.69) is 5.32 Å². The normalized spacial score (nSPS) is 18.6. The van der Waals surface area contributed by atoms with Crippen molar-refractivity contribution in [2.24, 2.45) is 0 Å². The third kappa shape index (κ3) is 4.21. The lowest BCUT2D eigenvalue weighted by Gasteiger charge is -2.23. The maximum atomic E-state index is 12.2. The van der Waals surface area contributed by atoms with E-state index in [1.165, 1.54) is 4.90 Å². The van der Waals surface area contributed by atoms with Crippen LogP contribution >= 0.6 is 0 Å². The number of amides is 2. The zero-order valence-electron chi connectivity index (χ0n) is 12.9. The summed E-state index contributed by atoms with van der Waals surface area (Å²) in [6.07, 6.45) is 0.0207. The number of hydrogen-bond donors (Lipinski definition) is 2. The van der Waals surface area contributed by atoms with Gasteiger partial charge in [-0.15, -0.1) is 0 Å². The Morgan fingerprint density at radius 3 is 2.70 bits per heavy atom. The molecule has 0 aliphatic carbocycles. The minimum atomic E-state index is -1.03. The molecule has 1 aliphatic heterocycles. The van der Waals surface area contributed by atoms with Crippen LogP contribution in [0, 0.1) is 0 Å². The minimum Gasteiger partial charge on any atom is -0.480 e. The maximum Gasteiger partial charge on any atom is 0.408 e. The van der Waals surface area contributed by atoms with Crippen molar-refractivity contribution >= 4 is 18.0 Å². The topological polar surface area (TPSA) is 95.9 Å². The van der Waals surface area contributed by atoms with Crippen LogP contribution in [0.4, 0.5) is 4.79 Å². The molecule has 1 saturated heterocycles. The van der Waals surface area contributed by atoms with Gasteiger partial charge in [0.15, 0.2) is 0 Å². The molecule has 23 heavy (non-hydrogen) atoms. The molecule has 0 bridgehead atoms. The summed E-state index contributed by atoms with van der Waals surface area (Å²) < 4.78 is 5.07. The standard InChI is InChI=1S/C16H20N2O5/c1-2-13(15(20)21)18-9-8-12(14(18)19)17-16(22)23-10-11-6-4-3-5-7-11/h3-7,12-13H,2,8-10H2,1H3,(H,17,22)(H,20,21)/t12-,13-/m0/s1. The van der Waals surface area contributed by atoms with Gasteiger partial charge in [-0.3, -0.25) is 4.79 Å². The van der Waals surface area contributed by atoms with Crippen LogP contribution in [0.3, 0.4) is 0 Å². The van der Waals surface area contributed by atoms with Crippen molar-refractivity contribution in [2.75, 3.05) is 6.54 Å². The van der Waals surface area contributed by atoms with Gasteiger partial charge < -0.3 is 20.1 Å². The molecule has 0 spiro atoms. The van der Waals surface area contributed by atoms with Gasteiger partial charge in [0, 0.05) is 6.54 Å². The molecule has 2 amide bonds. The summed E-state index contributed by atoms with van der Waals surface area (Å²) in [5.41, 5.74) is 0.846. The Morgan fingerprint density at radius 2 is 2.09 bits per heavy atom. The minimum absolute atomic E-state index is 0.115. The molecule has 1 fully saturated rings. The lowest BCUT2D eigenvalue weighted by molar-refractivity contribution is -0.148. The summed E-state index contributed by atoms with van der Waals surface area (Å²) in [7, 11) is 0. The van der Waals surface area contributed by atoms with E-state index in [0.29, 0.717) is 19.4 Å². The van der Waals surface area contributed by atoms with Gasteiger partial charge in [-0.05, 0) is 18.4 Å². The summed E-state index contributed by atoms with van der Waals surface area (Å²) in [6.45, 7) is 2.14. The second kappa shape index (κ2) is 7.62. The first-order valence-corrected chi connectivity index (χ1v) is 7.53. The molecule has 7 nitrogen and oxygen atoms in total. The molecule has 1 heterocycles. The van der Waals surface area contributed by atoms with Gasteiger partial charge in [0.05, 0.1) is 0 Å². The van der Waals surface area contributed by atoms with Crippen LogP contribution in [0.25, 0.3) is 0 Å². The van der Waals surface area contributed by atoms with Crippen molar-refractivity contribution in [2.45, 2.75) is 38.5 Å². The van der Waals surface area contributed by atoms with Crippen LogP contribution in [0.1, 0.15) is 25.3 Å². The number of carbonyl (C=O) groups is 3. The molecule has 2 N–H and O–H groups in total. The van der Waals surface area contributed by atoms with Crippen LogP contribution in [0.15, 0.2) is 30.3 Å². The molecule has 0 saturated carbocycles. The summed E-state index contributed by atoms with van der Waals surface area (Å²) in [6, 6.07) is 7.61. The predicted molar refractivity (Wildman–Crippen MR) is 81.6 cm³/mol. The highest BCUT2D eigenvalue weighted by atomic mass is 16.5. The smallest absolute Gasteiger partial charge is 0.408 e. The third-order valence-corrected chi connectivity index (χ3v) is 3.79. The van der Waals surface area contributed by atoms with E-state index < -0.39 is 24.1 Å². The SMILES string of the molecule is CC[C@@H](C(=O)O)N1CC[C@H](NC(=O)OCc2ccccc2)C1=O. The highest BCUT2D eigenvalue weighted by Gasteiger charge is 2.39. The lowest BCUT2D eigenvalue weighted by atomic mass is 10.2. The molecule has 2 atom stereocenters. The number of rotatable bonds is 6. The highest BCUT2D eigenvalue weighted by Crippen LogP contribution is 2.17. The first-order valence-electron chi connectivity index (χ1n) is 7.53. The summed E-state index contributed by atoms with van der Waals surface area (Å²) in [5, 5.41) is 11.6. The average Bonchev–Trinajstić information content (AvgIpc) is 2.88. The molecular weight excluding hydrogens is 300 g/mol. The number of likely N-dealkylation sites (tertiary alicyclic amines) is 1. The van der Waals surface area contributed by atoms with Crippen LogP contribution in [-0.4, -0.2) is 46.6 Å². The molecular formula is C16H20N2O5.